The van der Waals surface area contributed by atoms with E-state index in [-0.39, 0.29) is 11.8 Å². The van der Waals surface area contributed by atoms with Gasteiger partial charge in [0.05, 0.1) is 0 Å². The van der Waals surface area contributed by atoms with Gasteiger partial charge in [-0.2, -0.15) is 10.2 Å². The molecular formula is C22H30N4O2. The van der Waals surface area contributed by atoms with E-state index in [1.807, 2.05) is 12.4 Å². The van der Waals surface area contributed by atoms with Crippen molar-refractivity contribution < 1.29 is 9.59 Å². The summed E-state index contributed by atoms with van der Waals surface area (Å²) in [5.74, 6) is 3.38. The molecule has 0 saturated heterocycles. The predicted octanol–water partition coefficient (Wildman–Crippen LogP) is 3.18. The third-order valence-electron chi connectivity index (χ3n) is 6.63. The van der Waals surface area contributed by atoms with E-state index in [9.17, 15) is 9.59 Å². The Balaban J connectivity index is 1.03. The van der Waals surface area contributed by atoms with Crippen LogP contribution in [0.1, 0.15) is 51.4 Å². The second-order valence-corrected chi connectivity index (χ2v) is 8.72. The Morgan fingerprint density at radius 3 is 1.57 bits per heavy atom. The lowest BCUT2D eigenvalue weighted by atomic mass is 9.95. The molecule has 6 heteroatoms. The van der Waals surface area contributed by atoms with Crippen molar-refractivity contribution >= 4 is 24.2 Å². The van der Waals surface area contributed by atoms with Gasteiger partial charge in [0.15, 0.2) is 0 Å². The molecule has 2 N–H and O–H groups in total. The first-order valence-corrected chi connectivity index (χ1v) is 10.7. The number of hydrogen-bond acceptors (Lipinski definition) is 4. The molecule has 4 aliphatic carbocycles. The van der Waals surface area contributed by atoms with Gasteiger partial charge < -0.3 is 0 Å². The number of nitrogens with one attached hydrogen (secondary N) is 2. The van der Waals surface area contributed by atoms with E-state index < -0.39 is 0 Å². The number of fused-ring (bicyclic) bond motifs is 4. The molecule has 6 nitrogen and oxygen atoms in total. The zero-order chi connectivity index (χ0) is 19.3. The molecule has 0 radical (unpaired) electrons. The fourth-order valence-electron chi connectivity index (χ4n) is 5.08. The number of amides is 2. The van der Waals surface area contributed by atoms with E-state index in [1.54, 1.807) is 0 Å². The highest BCUT2D eigenvalue weighted by Crippen LogP contribution is 2.43. The summed E-state index contributed by atoms with van der Waals surface area (Å²) >= 11 is 0. The average molecular weight is 383 g/mol. The van der Waals surface area contributed by atoms with Gasteiger partial charge >= 0.3 is 0 Å². The number of hydrogen-bond donors (Lipinski definition) is 2. The van der Waals surface area contributed by atoms with E-state index in [1.165, 1.54) is 12.8 Å². The Kier molecular flexibility index (Phi) is 6.03. The van der Waals surface area contributed by atoms with E-state index in [2.05, 4.69) is 45.4 Å². The van der Waals surface area contributed by atoms with Crippen LogP contribution in [0.25, 0.3) is 0 Å². The van der Waals surface area contributed by atoms with Crippen LogP contribution in [0, 0.1) is 35.5 Å². The molecule has 0 aromatic heterocycles. The molecule has 4 aliphatic rings. The molecule has 150 valence electrons. The Labute approximate surface area is 166 Å². The summed E-state index contributed by atoms with van der Waals surface area (Å²) in [6, 6.07) is 0. The number of rotatable bonds is 9. The van der Waals surface area contributed by atoms with Gasteiger partial charge in [0.25, 0.3) is 0 Å². The number of unbranched alkanes of at least 4 members (excludes halogenated alkanes) is 1. The first-order valence-electron chi connectivity index (χ1n) is 10.7. The predicted molar refractivity (Wildman–Crippen MR) is 109 cm³/mol. The minimum Gasteiger partial charge on any atom is -0.273 e. The number of carbonyl (C=O) groups excluding carboxylic acids is 2. The zero-order valence-corrected chi connectivity index (χ0v) is 16.3. The molecule has 2 fully saturated rings. The standard InChI is InChI=1S/C22H30N4O2/c27-21(25-23-13-19-11-15-5-7-17(19)9-15)3-1-2-4-22(28)26-24-14-20-12-16-6-8-18(20)10-16/h5-8,13-20H,1-4,9-12H2,(H,25,27)(H,26,28)/b23-13+,24-14+. The Morgan fingerprint density at radius 1 is 0.750 bits per heavy atom. The van der Waals surface area contributed by atoms with E-state index >= 15 is 0 Å². The monoisotopic (exact) mass is 382 g/mol. The molecule has 0 heterocycles. The Morgan fingerprint density at radius 2 is 1.21 bits per heavy atom. The first-order chi connectivity index (χ1) is 13.7. The maximum absolute atomic E-state index is 11.8. The summed E-state index contributed by atoms with van der Waals surface area (Å²) in [6.07, 6.45) is 19.8. The Bertz CT molecular complexity index is 651. The van der Waals surface area contributed by atoms with Gasteiger partial charge in [0, 0.05) is 37.1 Å². The van der Waals surface area contributed by atoms with Crippen molar-refractivity contribution in [3.8, 4) is 0 Å². The maximum Gasteiger partial charge on any atom is 0.240 e. The second kappa shape index (κ2) is 8.84. The SMILES string of the molecule is O=C(CCCCC(=O)N/N=C/C1CC2C=CC1C2)N/N=C/C1CC2C=CC1C2. The Hall–Kier alpha value is -2.24. The lowest BCUT2D eigenvalue weighted by molar-refractivity contribution is -0.123. The molecule has 0 aromatic rings. The largest absolute Gasteiger partial charge is 0.273 e. The van der Waals surface area contributed by atoms with E-state index in [0.29, 0.717) is 61.2 Å². The van der Waals surface area contributed by atoms with Crippen LogP contribution in [0.4, 0.5) is 0 Å². The highest BCUT2D eigenvalue weighted by Gasteiger charge is 2.35. The minimum atomic E-state index is -0.0854. The summed E-state index contributed by atoms with van der Waals surface area (Å²) in [6.45, 7) is 0. The van der Waals surface area contributed by atoms with Crippen LogP contribution in [-0.4, -0.2) is 24.2 Å². The molecule has 0 aliphatic heterocycles. The number of hydrazone groups is 2. The summed E-state index contributed by atoms with van der Waals surface area (Å²) in [5.41, 5.74) is 5.23. The van der Waals surface area contributed by atoms with Crippen molar-refractivity contribution in [2.45, 2.75) is 51.4 Å². The van der Waals surface area contributed by atoms with Crippen molar-refractivity contribution in [1.29, 1.82) is 0 Å². The fourth-order valence-corrected chi connectivity index (χ4v) is 5.08. The average Bonchev–Trinajstić information content (AvgIpc) is 3.46. The van der Waals surface area contributed by atoms with Crippen LogP contribution in [0.2, 0.25) is 0 Å². The first kappa shape index (κ1) is 19.1. The topological polar surface area (TPSA) is 82.9 Å². The molecule has 2 saturated carbocycles. The molecule has 6 atom stereocenters. The normalized spacial score (nSPS) is 34.9. The van der Waals surface area contributed by atoms with Gasteiger partial charge in [-0.05, 0) is 62.2 Å². The quantitative estimate of drug-likeness (QED) is 0.278. The smallest absolute Gasteiger partial charge is 0.240 e. The van der Waals surface area contributed by atoms with Crippen molar-refractivity contribution in [2.24, 2.45) is 45.7 Å². The van der Waals surface area contributed by atoms with Crippen LogP contribution in [-0.2, 0) is 9.59 Å². The molecular weight excluding hydrogens is 352 g/mol. The van der Waals surface area contributed by atoms with Gasteiger partial charge in [-0.15, -0.1) is 0 Å². The fraction of sp³-hybridized carbons (Fsp3) is 0.636. The summed E-state index contributed by atoms with van der Waals surface area (Å²) in [7, 11) is 0. The molecule has 2 amide bonds. The third-order valence-corrected chi connectivity index (χ3v) is 6.63. The molecule has 6 unspecified atom stereocenters. The van der Waals surface area contributed by atoms with Gasteiger partial charge in [0.2, 0.25) is 11.8 Å². The molecule has 0 spiro atoms. The lowest BCUT2D eigenvalue weighted by Gasteiger charge is -2.12. The number of carbonyl (C=O) groups is 2. The lowest BCUT2D eigenvalue weighted by Crippen LogP contribution is -2.20. The molecule has 4 rings (SSSR count). The van der Waals surface area contributed by atoms with Crippen LogP contribution in [0.5, 0.6) is 0 Å². The minimum absolute atomic E-state index is 0.0854. The second-order valence-electron chi connectivity index (χ2n) is 8.72. The summed E-state index contributed by atoms with van der Waals surface area (Å²) < 4.78 is 0. The molecule has 0 aromatic carbocycles. The summed E-state index contributed by atoms with van der Waals surface area (Å²) in [4.78, 5) is 23.7. The van der Waals surface area contributed by atoms with Crippen LogP contribution < -0.4 is 10.9 Å². The van der Waals surface area contributed by atoms with Crippen molar-refractivity contribution in [1.82, 2.24) is 10.9 Å². The van der Waals surface area contributed by atoms with Crippen LogP contribution in [0.15, 0.2) is 34.5 Å². The van der Waals surface area contributed by atoms with Crippen LogP contribution in [0.3, 0.4) is 0 Å². The van der Waals surface area contributed by atoms with Crippen molar-refractivity contribution in [2.75, 3.05) is 0 Å². The van der Waals surface area contributed by atoms with Gasteiger partial charge in [-0.3, -0.25) is 9.59 Å². The molecule has 28 heavy (non-hydrogen) atoms. The van der Waals surface area contributed by atoms with Gasteiger partial charge in [-0.1, -0.05) is 24.3 Å². The van der Waals surface area contributed by atoms with Crippen LogP contribution >= 0.6 is 0 Å². The highest BCUT2D eigenvalue weighted by atomic mass is 16.2. The van der Waals surface area contributed by atoms with E-state index in [0.717, 1.165) is 12.8 Å². The summed E-state index contributed by atoms with van der Waals surface area (Å²) in [5, 5.41) is 8.24. The highest BCUT2D eigenvalue weighted by molar-refractivity contribution is 5.78. The zero-order valence-electron chi connectivity index (χ0n) is 16.3. The molecule has 4 bridgehead atoms. The number of nitrogens with zero attached hydrogens (tertiary/aromatic N) is 2. The van der Waals surface area contributed by atoms with Crippen molar-refractivity contribution in [3.05, 3.63) is 24.3 Å². The van der Waals surface area contributed by atoms with Gasteiger partial charge in [-0.25, -0.2) is 10.9 Å². The maximum atomic E-state index is 11.8. The van der Waals surface area contributed by atoms with Crippen molar-refractivity contribution in [3.63, 3.8) is 0 Å². The van der Waals surface area contributed by atoms with E-state index in [4.69, 9.17) is 0 Å². The number of allylic oxidation sites excluding steroid dienone is 4. The van der Waals surface area contributed by atoms with Gasteiger partial charge in [0.1, 0.15) is 0 Å². The third kappa shape index (κ3) is 4.78.